The Kier molecular flexibility index (Phi) is 7.05. The second kappa shape index (κ2) is 9.99. The lowest BCUT2D eigenvalue weighted by Crippen LogP contribution is -2.48. The smallest absolute Gasteiger partial charge is 0.217 e. The number of fused-ring (bicyclic) bond motifs is 3. The molecule has 0 fully saturated rings. The van der Waals surface area contributed by atoms with Crippen molar-refractivity contribution in [2.24, 2.45) is 0 Å². The first-order chi connectivity index (χ1) is 16.3. The van der Waals surface area contributed by atoms with E-state index in [9.17, 15) is 23.1 Å². The lowest BCUT2D eigenvalue weighted by Gasteiger charge is -2.26. The Morgan fingerprint density at radius 3 is 2.41 bits per heavy atom. The standard InChI is InChI=1S/C27H27F3N2O2/c1-3-16-7-8-20-22(11-16)27(21-5-4-6-23(30)26(20)21)31-14-25(34)24(32-15(2)33)12-17-9-18(28)13-19(29)10-17/h4-11,13,24-25,27,31,34H,3,12,14H2,1-2H3,(H,32,33)/t24-,25-,27?/m0/s1. The predicted molar refractivity (Wildman–Crippen MR) is 125 cm³/mol. The van der Waals surface area contributed by atoms with E-state index in [4.69, 9.17) is 0 Å². The molecule has 7 heteroatoms. The maximum atomic E-state index is 14.7. The maximum Gasteiger partial charge on any atom is 0.217 e. The highest BCUT2D eigenvalue weighted by molar-refractivity contribution is 5.79. The summed E-state index contributed by atoms with van der Waals surface area (Å²) in [5.41, 5.74) is 4.49. The number of aliphatic hydroxyl groups excluding tert-OH is 1. The van der Waals surface area contributed by atoms with Crippen LogP contribution in [-0.4, -0.2) is 29.7 Å². The SMILES string of the molecule is CCc1ccc2c(c1)C(NC[C@H](O)[C@H](Cc1cc(F)cc(F)c1)NC(C)=O)c1cccc(F)c1-2. The minimum atomic E-state index is -1.06. The Morgan fingerprint density at radius 2 is 1.74 bits per heavy atom. The number of benzene rings is 3. The molecule has 34 heavy (non-hydrogen) atoms. The molecule has 3 atom stereocenters. The normalized spacial score (nSPS) is 16.0. The first-order valence-electron chi connectivity index (χ1n) is 11.3. The molecule has 3 N–H and O–H groups in total. The monoisotopic (exact) mass is 468 g/mol. The molecular formula is C27H27F3N2O2. The molecule has 3 aromatic rings. The average Bonchev–Trinajstić information content (AvgIpc) is 3.09. The predicted octanol–water partition coefficient (Wildman–Crippen LogP) is 4.43. The van der Waals surface area contributed by atoms with Gasteiger partial charge in [0.25, 0.3) is 0 Å². The summed E-state index contributed by atoms with van der Waals surface area (Å²) >= 11 is 0. The Labute approximate surface area is 196 Å². The minimum Gasteiger partial charge on any atom is -0.390 e. The summed E-state index contributed by atoms with van der Waals surface area (Å²) < 4.78 is 42.0. The summed E-state index contributed by atoms with van der Waals surface area (Å²) in [6.45, 7) is 3.43. The van der Waals surface area contributed by atoms with Gasteiger partial charge in [-0.2, -0.15) is 0 Å². The number of amides is 1. The lowest BCUT2D eigenvalue weighted by atomic mass is 9.99. The topological polar surface area (TPSA) is 61.4 Å². The van der Waals surface area contributed by atoms with E-state index < -0.39 is 23.8 Å². The number of carbonyl (C=O) groups is 1. The first-order valence-corrected chi connectivity index (χ1v) is 11.3. The largest absolute Gasteiger partial charge is 0.390 e. The van der Waals surface area contributed by atoms with Crippen molar-refractivity contribution in [3.8, 4) is 11.1 Å². The van der Waals surface area contributed by atoms with Crippen molar-refractivity contribution in [3.05, 3.63) is 94.3 Å². The highest BCUT2D eigenvalue weighted by Gasteiger charge is 2.32. The molecule has 0 spiro atoms. The summed E-state index contributed by atoms with van der Waals surface area (Å²) in [5, 5.41) is 16.9. The quantitative estimate of drug-likeness (QED) is 0.458. The van der Waals surface area contributed by atoms with Crippen molar-refractivity contribution in [3.63, 3.8) is 0 Å². The van der Waals surface area contributed by atoms with Gasteiger partial charge in [0, 0.05) is 25.1 Å². The zero-order valence-electron chi connectivity index (χ0n) is 19.0. The van der Waals surface area contributed by atoms with Crippen LogP contribution in [0.5, 0.6) is 0 Å². The van der Waals surface area contributed by atoms with Gasteiger partial charge in [0.15, 0.2) is 0 Å². The maximum absolute atomic E-state index is 14.7. The van der Waals surface area contributed by atoms with Crippen molar-refractivity contribution < 1.29 is 23.1 Å². The number of hydrogen-bond acceptors (Lipinski definition) is 3. The second-order valence-electron chi connectivity index (χ2n) is 8.68. The fraction of sp³-hybridized carbons (Fsp3) is 0.296. The van der Waals surface area contributed by atoms with E-state index >= 15 is 0 Å². The van der Waals surface area contributed by atoms with Gasteiger partial charge in [0.2, 0.25) is 5.91 Å². The number of rotatable bonds is 8. The van der Waals surface area contributed by atoms with Crippen LogP contribution in [0.25, 0.3) is 11.1 Å². The van der Waals surface area contributed by atoms with Gasteiger partial charge in [-0.25, -0.2) is 13.2 Å². The first kappa shape index (κ1) is 24.0. The van der Waals surface area contributed by atoms with E-state index in [1.165, 1.54) is 25.1 Å². The minimum absolute atomic E-state index is 0.0452. The van der Waals surface area contributed by atoms with Gasteiger partial charge in [-0.05, 0) is 58.9 Å². The summed E-state index contributed by atoms with van der Waals surface area (Å²) in [7, 11) is 0. The van der Waals surface area contributed by atoms with Gasteiger partial charge >= 0.3 is 0 Å². The zero-order valence-corrected chi connectivity index (χ0v) is 19.0. The molecule has 0 radical (unpaired) electrons. The molecule has 0 aromatic heterocycles. The van der Waals surface area contributed by atoms with Gasteiger partial charge in [0.1, 0.15) is 17.5 Å². The van der Waals surface area contributed by atoms with E-state index in [0.717, 1.165) is 34.7 Å². The Morgan fingerprint density at radius 1 is 1.00 bits per heavy atom. The van der Waals surface area contributed by atoms with Crippen molar-refractivity contribution in [1.29, 1.82) is 0 Å². The van der Waals surface area contributed by atoms with E-state index in [-0.39, 0.29) is 30.7 Å². The van der Waals surface area contributed by atoms with Crippen LogP contribution in [-0.2, 0) is 17.6 Å². The highest BCUT2D eigenvalue weighted by Crippen LogP contribution is 2.45. The molecule has 0 saturated heterocycles. The Balaban J connectivity index is 1.57. The van der Waals surface area contributed by atoms with Crippen LogP contribution in [0.4, 0.5) is 13.2 Å². The number of carbonyl (C=O) groups excluding carboxylic acids is 1. The van der Waals surface area contributed by atoms with Crippen LogP contribution in [0.2, 0.25) is 0 Å². The fourth-order valence-corrected chi connectivity index (χ4v) is 4.66. The lowest BCUT2D eigenvalue weighted by molar-refractivity contribution is -0.120. The van der Waals surface area contributed by atoms with Gasteiger partial charge in [-0.1, -0.05) is 37.3 Å². The summed E-state index contributed by atoms with van der Waals surface area (Å²) in [5.74, 6) is -2.13. The molecule has 1 amide bonds. The number of hydrogen-bond donors (Lipinski definition) is 3. The number of aryl methyl sites for hydroxylation is 1. The molecule has 0 bridgehead atoms. The molecule has 3 aromatic carbocycles. The molecule has 0 saturated carbocycles. The van der Waals surface area contributed by atoms with E-state index in [1.54, 1.807) is 6.07 Å². The molecule has 0 heterocycles. The molecular weight excluding hydrogens is 441 g/mol. The van der Waals surface area contributed by atoms with Gasteiger partial charge in [0.05, 0.1) is 18.2 Å². The van der Waals surface area contributed by atoms with E-state index in [2.05, 4.69) is 10.6 Å². The summed E-state index contributed by atoms with van der Waals surface area (Å²) in [6, 6.07) is 12.9. The van der Waals surface area contributed by atoms with Gasteiger partial charge in [-0.3, -0.25) is 4.79 Å². The molecule has 178 valence electrons. The number of halogens is 3. The fourth-order valence-electron chi connectivity index (χ4n) is 4.66. The molecule has 1 aliphatic rings. The van der Waals surface area contributed by atoms with E-state index in [1.807, 2.05) is 31.2 Å². The van der Waals surface area contributed by atoms with Crippen LogP contribution in [0.1, 0.15) is 42.1 Å². The third-order valence-corrected chi connectivity index (χ3v) is 6.22. The third kappa shape index (κ3) is 5.00. The Hall–Kier alpha value is -3.16. The van der Waals surface area contributed by atoms with Crippen LogP contribution < -0.4 is 10.6 Å². The highest BCUT2D eigenvalue weighted by atomic mass is 19.1. The van der Waals surface area contributed by atoms with Crippen LogP contribution in [0.15, 0.2) is 54.6 Å². The average molecular weight is 469 g/mol. The molecule has 1 unspecified atom stereocenters. The molecule has 4 rings (SSSR count). The zero-order chi connectivity index (χ0) is 24.4. The van der Waals surface area contributed by atoms with Crippen LogP contribution in [0.3, 0.4) is 0 Å². The van der Waals surface area contributed by atoms with Crippen molar-refractivity contribution >= 4 is 5.91 Å². The number of nitrogens with one attached hydrogen (secondary N) is 2. The van der Waals surface area contributed by atoms with Crippen LogP contribution in [0, 0.1) is 17.5 Å². The van der Waals surface area contributed by atoms with Gasteiger partial charge < -0.3 is 15.7 Å². The summed E-state index contributed by atoms with van der Waals surface area (Å²) in [6.07, 6.45) is -0.189. The van der Waals surface area contributed by atoms with Crippen molar-refractivity contribution in [2.75, 3.05) is 6.54 Å². The number of aliphatic hydroxyl groups is 1. The molecule has 4 nitrogen and oxygen atoms in total. The summed E-state index contributed by atoms with van der Waals surface area (Å²) in [4.78, 5) is 11.7. The van der Waals surface area contributed by atoms with Gasteiger partial charge in [-0.15, -0.1) is 0 Å². The van der Waals surface area contributed by atoms with Crippen molar-refractivity contribution in [2.45, 2.75) is 44.9 Å². The Bertz CT molecular complexity index is 1190. The molecule has 1 aliphatic carbocycles. The van der Waals surface area contributed by atoms with Crippen molar-refractivity contribution in [1.82, 2.24) is 10.6 Å². The van der Waals surface area contributed by atoms with Crippen LogP contribution >= 0.6 is 0 Å². The third-order valence-electron chi connectivity index (χ3n) is 6.22. The molecule has 0 aliphatic heterocycles. The van der Waals surface area contributed by atoms with E-state index in [0.29, 0.717) is 11.1 Å². The second-order valence-corrected chi connectivity index (χ2v) is 8.68.